The fraction of sp³-hybridized carbons (Fsp3) is 0.333. The molecule has 1 amide bonds. The summed E-state index contributed by atoms with van der Waals surface area (Å²) in [7, 11) is -3.78. The maximum absolute atomic E-state index is 12.9. The second-order valence-electron chi connectivity index (χ2n) is 7.49. The molecule has 0 fully saturated rings. The molecule has 8 nitrogen and oxygen atoms in total. The van der Waals surface area contributed by atoms with Gasteiger partial charge in [0.15, 0.2) is 0 Å². The zero-order valence-electron chi connectivity index (χ0n) is 19.3. The molecule has 0 aliphatic heterocycles. The van der Waals surface area contributed by atoms with Crippen molar-refractivity contribution in [1.29, 1.82) is 0 Å². The molecule has 0 bridgehead atoms. The Hall–Kier alpha value is -2.88. The van der Waals surface area contributed by atoms with Crippen LogP contribution in [0.5, 0.6) is 5.75 Å². The molecule has 1 aromatic heterocycles. The first kappa shape index (κ1) is 25.7. The van der Waals surface area contributed by atoms with Crippen molar-refractivity contribution in [1.82, 2.24) is 14.6 Å². The fourth-order valence-electron chi connectivity index (χ4n) is 3.42. The molecule has 0 aliphatic rings. The van der Waals surface area contributed by atoms with Crippen LogP contribution in [0, 0.1) is 0 Å². The van der Waals surface area contributed by atoms with Crippen molar-refractivity contribution in [3.05, 3.63) is 59.8 Å². The number of pyridine rings is 1. The molecule has 0 saturated carbocycles. The Bertz CT molecular complexity index is 1220. The summed E-state index contributed by atoms with van der Waals surface area (Å²) in [6.45, 7) is 5.05. The zero-order chi connectivity index (χ0) is 24.6. The minimum absolute atomic E-state index is 0.126. The van der Waals surface area contributed by atoms with Gasteiger partial charge in [-0.05, 0) is 61.9 Å². The van der Waals surface area contributed by atoms with Gasteiger partial charge in [-0.25, -0.2) is 8.42 Å². The molecular weight excluding hydrogens is 476 g/mol. The number of nitrogens with zero attached hydrogens (tertiary/aromatic N) is 2. The van der Waals surface area contributed by atoms with E-state index in [0.717, 1.165) is 20.9 Å². The first-order chi connectivity index (χ1) is 16.3. The highest BCUT2D eigenvalue weighted by Gasteiger charge is 2.25. The van der Waals surface area contributed by atoms with Crippen LogP contribution in [0.25, 0.3) is 10.9 Å². The topological polar surface area (TPSA) is 101 Å². The lowest BCUT2D eigenvalue weighted by atomic mass is 10.2. The van der Waals surface area contributed by atoms with E-state index in [1.165, 1.54) is 12.1 Å². The highest BCUT2D eigenvalue weighted by atomic mass is 35.5. The summed E-state index contributed by atoms with van der Waals surface area (Å²) in [6, 6.07) is 13.6. The van der Waals surface area contributed by atoms with Crippen LogP contribution >= 0.6 is 11.6 Å². The van der Waals surface area contributed by atoms with Gasteiger partial charge in [0, 0.05) is 41.9 Å². The van der Waals surface area contributed by atoms with Gasteiger partial charge in [0.1, 0.15) is 5.75 Å². The van der Waals surface area contributed by atoms with Gasteiger partial charge < -0.3 is 15.4 Å². The Balaban J connectivity index is 1.48. The third-order valence-electron chi connectivity index (χ3n) is 5.14. The maximum Gasteiger partial charge on any atom is 0.243 e. The quantitative estimate of drug-likeness (QED) is 0.363. The summed E-state index contributed by atoms with van der Waals surface area (Å²) in [4.78, 5) is 16.8. The molecule has 0 aliphatic carbocycles. The highest BCUT2D eigenvalue weighted by Crippen LogP contribution is 2.24. The predicted octanol–water partition coefficient (Wildman–Crippen LogP) is 3.92. The summed E-state index contributed by atoms with van der Waals surface area (Å²) in [5.74, 6) is 0.250. The summed E-state index contributed by atoms with van der Waals surface area (Å²) in [6.07, 6.45) is 2.38. The van der Waals surface area contributed by atoms with Crippen molar-refractivity contribution >= 4 is 44.1 Å². The average Bonchev–Trinajstić information content (AvgIpc) is 2.82. The molecule has 34 heavy (non-hydrogen) atoms. The van der Waals surface area contributed by atoms with E-state index in [4.69, 9.17) is 16.3 Å². The number of ether oxygens (including phenoxy) is 1. The Labute approximate surface area is 205 Å². The number of nitrogens with one attached hydrogen (secondary N) is 2. The lowest BCUT2D eigenvalue weighted by Crippen LogP contribution is -2.41. The lowest BCUT2D eigenvalue weighted by molar-refractivity contribution is -0.121. The number of halogens is 1. The Morgan fingerprint density at radius 3 is 2.56 bits per heavy atom. The van der Waals surface area contributed by atoms with Crippen LogP contribution in [0.2, 0.25) is 5.02 Å². The second kappa shape index (κ2) is 12.0. The summed E-state index contributed by atoms with van der Waals surface area (Å²) >= 11 is 6.03. The number of benzene rings is 2. The normalized spacial score (nSPS) is 11.5. The van der Waals surface area contributed by atoms with Crippen LogP contribution in [-0.4, -0.2) is 56.4 Å². The number of likely N-dealkylation sites (N-methyl/N-ethyl adjacent to an activating group) is 1. The van der Waals surface area contributed by atoms with Crippen LogP contribution in [0.3, 0.4) is 0 Å². The van der Waals surface area contributed by atoms with Gasteiger partial charge >= 0.3 is 0 Å². The van der Waals surface area contributed by atoms with Crippen LogP contribution < -0.4 is 15.4 Å². The predicted molar refractivity (Wildman–Crippen MR) is 135 cm³/mol. The molecule has 1 heterocycles. The summed E-state index contributed by atoms with van der Waals surface area (Å²) < 4.78 is 32.3. The Morgan fingerprint density at radius 2 is 1.85 bits per heavy atom. The van der Waals surface area contributed by atoms with Crippen LogP contribution in [0.15, 0.2) is 59.6 Å². The molecule has 2 aromatic carbocycles. The SMILES string of the molecule is CCOc1ccc(S(=O)(=O)N(CC)CC(=O)NCCCNc2ccnc3cc(Cl)ccc23)cc1. The minimum Gasteiger partial charge on any atom is -0.494 e. The minimum atomic E-state index is -3.78. The highest BCUT2D eigenvalue weighted by molar-refractivity contribution is 7.89. The van der Waals surface area contributed by atoms with Crippen molar-refractivity contribution < 1.29 is 17.9 Å². The Kier molecular flexibility index (Phi) is 9.09. The van der Waals surface area contributed by atoms with Crippen molar-refractivity contribution in [3.8, 4) is 5.75 Å². The van der Waals surface area contributed by atoms with Gasteiger partial charge in [-0.1, -0.05) is 18.5 Å². The number of sulfonamides is 1. The molecule has 0 saturated heterocycles. The molecule has 3 aromatic rings. The van der Waals surface area contributed by atoms with E-state index in [9.17, 15) is 13.2 Å². The number of carbonyl (C=O) groups is 1. The van der Waals surface area contributed by atoms with Gasteiger partial charge in [-0.3, -0.25) is 9.78 Å². The molecule has 0 spiro atoms. The number of hydrogen-bond acceptors (Lipinski definition) is 6. The number of hydrogen-bond donors (Lipinski definition) is 2. The maximum atomic E-state index is 12.9. The second-order valence-corrected chi connectivity index (χ2v) is 9.86. The fourth-order valence-corrected chi connectivity index (χ4v) is 4.99. The van der Waals surface area contributed by atoms with E-state index in [1.54, 1.807) is 25.3 Å². The number of anilines is 1. The number of fused-ring (bicyclic) bond motifs is 1. The van der Waals surface area contributed by atoms with E-state index >= 15 is 0 Å². The molecular formula is C24H29ClN4O4S. The van der Waals surface area contributed by atoms with Crippen molar-refractivity contribution in [2.45, 2.75) is 25.2 Å². The molecule has 0 atom stereocenters. The zero-order valence-corrected chi connectivity index (χ0v) is 20.8. The van der Waals surface area contributed by atoms with E-state index in [0.29, 0.717) is 36.9 Å². The van der Waals surface area contributed by atoms with Gasteiger partial charge in [-0.15, -0.1) is 0 Å². The van der Waals surface area contributed by atoms with Gasteiger partial charge in [0.25, 0.3) is 0 Å². The smallest absolute Gasteiger partial charge is 0.243 e. The largest absolute Gasteiger partial charge is 0.494 e. The average molecular weight is 505 g/mol. The van der Waals surface area contributed by atoms with Gasteiger partial charge in [0.05, 0.1) is 23.6 Å². The number of amides is 1. The molecule has 10 heteroatoms. The van der Waals surface area contributed by atoms with Crippen LogP contribution in [0.4, 0.5) is 5.69 Å². The van der Waals surface area contributed by atoms with Crippen molar-refractivity contribution in [2.75, 3.05) is 38.1 Å². The molecule has 2 N–H and O–H groups in total. The van der Waals surface area contributed by atoms with Gasteiger partial charge in [0.2, 0.25) is 15.9 Å². The first-order valence-corrected chi connectivity index (χ1v) is 12.9. The summed E-state index contributed by atoms with van der Waals surface area (Å²) in [5.41, 5.74) is 1.74. The van der Waals surface area contributed by atoms with Gasteiger partial charge in [-0.2, -0.15) is 4.31 Å². The Morgan fingerprint density at radius 1 is 1.09 bits per heavy atom. The van der Waals surface area contributed by atoms with E-state index in [-0.39, 0.29) is 23.9 Å². The third-order valence-corrected chi connectivity index (χ3v) is 7.31. The standard InChI is InChI=1S/C24H29ClN4O4S/c1-3-29(34(31,32)20-9-7-19(8-10-20)33-4-2)17-24(30)28-14-5-13-26-22-12-15-27-23-16-18(25)6-11-21(22)23/h6-12,15-16H,3-5,13-14,17H2,1-2H3,(H,26,27)(H,28,30). The number of rotatable bonds is 12. The van der Waals surface area contributed by atoms with Crippen LogP contribution in [-0.2, 0) is 14.8 Å². The van der Waals surface area contributed by atoms with Crippen molar-refractivity contribution in [3.63, 3.8) is 0 Å². The van der Waals surface area contributed by atoms with Crippen LogP contribution in [0.1, 0.15) is 20.3 Å². The third kappa shape index (κ3) is 6.59. The molecule has 0 unspecified atom stereocenters. The molecule has 0 radical (unpaired) electrons. The monoisotopic (exact) mass is 504 g/mol. The lowest BCUT2D eigenvalue weighted by Gasteiger charge is -2.20. The summed E-state index contributed by atoms with van der Waals surface area (Å²) in [5, 5.41) is 7.73. The number of carbonyl (C=O) groups excluding carboxylic acids is 1. The number of aromatic nitrogens is 1. The molecule has 3 rings (SSSR count). The van der Waals surface area contributed by atoms with Crippen molar-refractivity contribution in [2.24, 2.45) is 0 Å². The van der Waals surface area contributed by atoms with E-state index in [2.05, 4.69) is 15.6 Å². The molecule has 182 valence electrons. The first-order valence-electron chi connectivity index (χ1n) is 11.1. The van der Waals surface area contributed by atoms with E-state index in [1.807, 2.05) is 31.2 Å². The van der Waals surface area contributed by atoms with E-state index < -0.39 is 10.0 Å².